The molecule has 5 heteroatoms. The molecular weight excluding hydrogens is 354 g/mol. The lowest BCUT2D eigenvalue weighted by atomic mass is 10.0. The van der Waals surface area contributed by atoms with Gasteiger partial charge in [0.2, 0.25) is 0 Å². The third-order valence-corrected chi connectivity index (χ3v) is 5.74. The van der Waals surface area contributed by atoms with Crippen molar-refractivity contribution in [3.05, 3.63) is 76.9 Å². The average Bonchev–Trinajstić information content (AvgIpc) is 3.11. The number of carbonyl (C=O) groups excluding carboxylic acids is 1. The average molecular weight is 380 g/mol. The van der Waals surface area contributed by atoms with Gasteiger partial charge in [0.25, 0.3) is 5.91 Å². The summed E-state index contributed by atoms with van der Waals surface area (Å²) in [5, 5.41) is 0.888. The normalized spacial score (nSPS) is 12.0. The smallest absolute Gasteiger partial charge is 0.274 e. The van der Waals surface area contributed by atoms with Crippen LogP contribution in [0.4, 0.5) is 0 Å². The van der Waals surface area contributed by atoms with Gasteiger partial charge < -0.3 is 10.6 Å². The molecule has 0 saturated heterocycles. The number of aromatic nitrogens is 1. The number of nitrogens with zero attached hydrogens (tertiary/aromatic N) is 2. The maximum atomic E-state index is 13.2. The first-order valence-corrected chi connectivity index (χ1v) is 9.95. The molecule has 1 aromatic heterocycles. The van der Waals surface area contributed by atoms with Crippen LogP contribution in [0.25, 0.3) is 10.4 Å². The summed E-state index contributed by atoms with van der Waals surface area (Å²) < 4.78 is 0. The molecule has 0 radical (unpaired) electrons. The van der Waals surface area contributed by atoms with E-state index in [0.29, 0.717) is 12.2 Å². The van der Waals surface area contributed by atoms with Crippen molar-refractivity contribution in [1.29, 1.82) is 0 Å². The molecule has 0 unspecified atom stereocenters. The van der Waals surface area contributed by atoms with Crippen LogP contribution < -0.4 is 5.73 Å². The van der Waals surface area contributed by atoms with E-state index in [-0.39, 0.29) is 11.9 Å². The summed E-state index contributed by atoms with van der Waals surface area (Å²) in [4.78, 5) is 20.4. The van der Waals surface area contributed by atoms with E-state index in [4.69, 9.17) is 5.73 Å². The molecule has 2 aromatic carbocycles. The van der Waals surface area contributed by atoms with Crippen LogP contribution in [0.5, 0.6) is 0 Å². The Morgan fingerprint density at radius 2 is 1.74 bits per heavy atom. The Bertz CT molecular complexity index is 877. The van der Waals surface area contributed by atoms with E-state index >= 15 is 0 Å². The Hall–Kier alpha value is -2.50. The first-order valence-electron chi connectivity index (χ1n) is 9.14. The first-order chi connectivity index (χ1) is 13.1. The number of amides is 1. The second-order valence-corrected chi connectivity index (χ2v) is 7.81. The molecule has 1 heterocycles. The van der Waals surface area contributed by atoms with Crippen molar-refractivity contribution in [2.75, 3.05) is 13.6 Å². The molecule has 1 atom stereocenters. The topological polar surface area (TPSA) is 59.2 Å². The van der Waals surface area contributed by atoms with E-state index in [1.54, 1.807) is 16.2 Å². The number of rotatable bonds is 7. The minimum atomic E-state index is -0.0679. The Morgan fingerprint density at radius 1 is 1.11 bits per heavy atom. The summed E-state index contributed by atoms with van der Waals surface area (Å²) in [5.41, 5.74) is 8.79. The van der Waals surface area contributed by atoms with Crippen LogP contribution >= 0.6 is 11.3 Å². The van der Waals surface area contributed by atoms with Gasteiger partial charge in [-0.1, -0.05) is 60.7 Å². The van der Waals surface area contributed by atoms with Gasteiger partial charge in [-0.25, -0.2) is 4.98 Å². The lowest BCUT2D eigenvalue weighted by Crippen LogP contribution is -2.42. The highest BCUT2D eigenvalue weighted by molar-refractivity contribution is 7.15. The number of benzene rings is 2. The number of nitrogens with two attached hydrogens (primary N) is 1. The van der Waals surface area contributed by atoms with Crippen molar-refractivity contribution in [2.45, 2.75) is 25.8 Å². The van der Waals surface area contributed by atoms with Crippen LogP contribution in [0.15, 0.2) is 60.7 Å². The van der Waals surface area contributed by atoms with Crippen LogP contribution in [0.1, 0.15) is 27.5 Å². The number of hydrogen-bond donors (Lipinski definition) is 1. The largest absolute Gasteiger partial charge is 0.336 e. The van der Waals surface area contributed by atoms with Crippen molar-refractivity contribution in [3.63, 3.8) is 0 Å². The second kappa shape index (κ2) is 8.93. The molecule has 0 fully saturated rings. The summed E-state index contributed by atoms with van der Waals surface area (Å²) in [6.07, 6.45) is 1.72. The van der Waals surface area contributed by atoms with E-state index in [9.17, 15) is 4.79 Å². The number of carbonyl (C=O) groups is 1. The lowest BCUT2D eigenvalue weighted by molar-refractivity contribution is 0.0725. The maximum absolute atomic E-state index is 13.2. The molecule has 0 aliphatic heterocycles. The fraction of sp³-hybridized carbons (Fsp3) is 0.273. The van der Waals surface area contributed by atoms with Crippen molar-refractivity contribution >= 4 is 17.2 Å². The zero-order valence-electron chi connectivity index (χ0n) is 15.8. The van der Waals surface area contributed by atoms with Crippen molar-refractivity contribution in [2.24, 2.45) is 5.73 Å². The molecule has 0 spiro atoms. The lowest BCUT2D eigenvalue weighted by Gasteiger charge is -2.27. The van der Waals surface area contributed by atoms with E-state index in [0.717, 1.165) is 28.3 Å². The number of likely N-dealkylation sites (N-methyl/N-ethyl adjacent to an activating group) is 1. The fourth-order valence-corrected chi connectivity index (χ4v) is 4.05. The summed E-state index contributed by atoms with van der Waals surface area (Å²) in [5.74, 6) is -0.0679. The van der Waals surface area contributed by atoms with E-state index < -0.39 is 0 Å². The highest BCUT2D eigenvalue weighted by Gasteiger charge is 2.25. The van der Waals surface area contributed by atoms with Crippen LogP contribution in [0.3, 0.4) is 0 Å². The van der Waals surface area contributed by atoms with Crippen LogP contribution in [0.2, 0.25) is 0 Å². The van der Waals surface area contributed by atoms with Crippen molar-refractivity contribution in [1.82, 2.24) is 9.88 Å². The molecule has 0 saturated carbocycles. The minimum absolute atomic E-state index is 0.0247. The van der Waals surface area contributed by atoms with Gasteiger partial charge in [-0.3, -0.25) is 4.79 Å². The highest BCUT2D eigenvalue weighted by atomic mass is 32.1. The molecular formula is C22H25N3OS. The molecule has 27 heavy (non-hydrogen) atoms. The predicted octanol–water partition coefficient (Wildman–Crippen LogP) is 4.15. The number of hydrogen-bond acceptors (Lipinski definition) is 4. The predicted molar refractivity (Wildman–Crippen MR) is 112 cm³/mol. The molecule has 3 rings (SSSR count). The minimum Gasteiger partial charge on any atom is -0.336 e. The van der Waals surface area contributed by atoms with Gasteiger partial charge in [0.1, 0.15) is 5.69 Å². The van der Waals surface area contributed by atoms with Crippen LogP contribution in [-0.4, -0.2) is 35.4 Å². The quantitative estimate of drug-likeness (QED) is 0.671. The summed E-state index contributed by atoms with van der Waals surface area (Å²) in [6.45, 7) is 2.36. The summed E-state index contributed by atoms with van der Waals surface area (Å²) in [7, 11) is 1.83. The fourth-order valence-electron chi connectivity index (χ4n) is 3.14. The monoisotopic (exact) mass is 379 g/mol. The second-order valence-electron chi connectivity index (χ2n) is 6.61. The zero-order chi connectivity index (χ0) is 19.2. The van der Waals surface area contributed by atoms with Gasteiger partial charge in [0.05, 0.1) is 9.88 Å². The molecule has 0 aliphatic carbocycles. The Kier molecular flexibility index (Phi) is 6.37. The van der Waals surface area contributed by atoms with Crippen molar-refractivity contribution < 1.29 is 4.79 Å². The molecule has 4 nitrogen and oxygen atoms in total. The third-order valence-electron chi connectivity index (χ3n) is 4.72. The third kappa shape index (κ3) is 4.62. The highest BCUT2D eigenvalue weighted by Crippen LogP contribution is 2.31. The standard InChI is InChI=1S/C22H25N3OS/c1-16-24-20(21(27-16)18-11-7-4-8-12-18)22(26)25(2)19(15-23)14-13-17-9-5-3-6-10-17/h3-12,19H,13-15,23H2,1-2H3/t19-/m1/s1. The van der Waals surface area contributed by atoms with Crippen LogP contribution in [0, 0.1) is 6.92 Å². The molecule has 2 N–H and O–H groups in total. The maximum Gasteiger partial charge on any atom is 0.274 e. The Balaban J connectivity index is 1.78. The van der Waals surface area contributed by atoms with E-state index in [1.165, 1.54) is 5.56 Å². The molecule has 140 valence electrons. The van der Waals surface area contributed by atoms with Crippen LogP contribution in [-0.2, 0) is 6.42 Å². The molecule has 1 amide bonds. The van der Waals surface area contributed by atoms with Gasteiger partial charge in [0.15, 0.2) is 0 Å². The zero-order valence-corrected chi connectivity index (χ0v) is 16.6. The molecule has 3 aromatic rings. The number of aryl methyl sites for hydroxylation is 2. The van der Waals surface area contributed by atoms with Gasteiger partial charge in [-0.15, -0.1) is 11.3 Å². The number of thiazole rings is 1. The summed E-state index contributed by atoms with van der Waals surface area (Å²) >= 11 is 1.55. The van der Waals surface area contributed by atoms with E-state index in [1.807, 2.05) is 62.5 Å². The molecule has 0 bridgehead atoms. The molecule has 0 aliphatic rings. The van der Waals surface area contributed by atoms with Gasteiger partial charge in [-0.2, -0.15) is 0 Å². The van der Waals surface area contributed by atoms with Gasteiger partial charge in [-0.05, 0) is 30.9 Å². The van der Waals surface area contributed by atoms with Gasteiger partial charge in [0, 0.05) is 19.6 Å². The van der Waals surface area contributed by atoms with Crippen molar-refractivity contribution in [3.8, 4) is 10.4 Å². The van der Waals surface area contributed by atoms with E-state index in [2.05, 4.69) is 17.1 Å². The van der Waals surface area contributed by atoms with Gasteiger partial charge >= 0.3 is 0 Å². The SMILES string of the molecule is Cc1nc(C(=O)N(C)[C@@H](CN)CCc2ccccc2)c(-c2ccccc2)s1. The Morgan fingerprint density at radius 3 is 2.37 bits per heavy atom. The Labute approximate surface area is 164 Å². The summed E-state index contributed by atoms with van der Waals surface area (Å²) in [6, 6.07) is 20.2. The first kappa shape index (κ1) is 19.3.